The number of methoxy groups -OCH3 is 1. The van der Waals surface area contributed by atoms with Crippen LogP contribution >= 0.6 is 11.3 Å². The van der Waals surface area contributed by atoms with E-state index < -0.39 is 5.97 Å². The zero-order valence-corrected chi connectivity index (χ0v) is 16.4. The summed E-state index contributed by atoms with van der Waals surface area (Å²) in [6.45, 7) is 2.05. The minimum atomic E-state index is -0.436. The SMILES string of the molecule is COc1ccc(C(=O)OCc2csc(CC(=O)Nc3ccc(C)cc3)n2)cc1. The van der Waals surface area contributed by atoms with Crippen molar-refractivity contribution in [3.05, 3.63) is 75.7 Å². The number of thiazole rings is 1. The Morgan fingerprint density at radius 3 is 2.46 bits per heavy atom. The molecule has 6 nitrogen and oxygen atoms in total. The Labute approximate surface area is 167 Å². The molecule has 3 aromatic rings. The topological polar surface area (TPSA) is 77.5 Å². The first-order valence-corrected chi connectivity index (χ1v) is 9.52. The zero-order valence-electron chi connectivity index (χ0n) is 15.6. The summed E-state index contributed by atoms with van der Waals surface area (Å²) in [5.74, 6) is 0.0962. The summed E-state index contributed by atoms with van der Waals surface area (Å²) in [6, 6.07) is 14.3. The number of anilines is 1. The summed E-state index contributed by atoms with van der Waals surface area (Å²) in [5.41, 5.74) is 2.94. The molecular formula is C21H20N2O4S. The van der Waals surface area contributed by atoms with Crippen molar-refractivity contribution in [3.63, 3.8) is 0 Å². The smallest absolute Gasteiger partial charge is 0.338 e. The monoisotopic (exact) mass is 396 g/mol. The molecule has 2 aromatic carbocycles. The predicted molar refractivity (Wildman–Crippen MR) is 108 cm³/mol. The number of nitrogens with zero attached hydrogens (tertiary/aromatic N) is 1. The summed E-state index contributed by atoms with van der Waals surface area (Å²) >= 11 is 1.36. The Morgan fingerprint density at radius 2 is 1.79 bits per heavy atom. The average Bonchev–Trinajstić information content (AvgIpc) is 3.15. The molecule has 0 fully saturated rings. The Balaban J connectivity index is 1.49. The van der Waals surface area contributed by atoms with Gasteiger partial charge in [-0.15, -0.1) is 11.3 Å². The molecule has 7 heteroatoms. The van der Waals surface area contributed by atoms with E-state index in [1.807, 2.05) is 31.2 Å². The fourth-order valence-electron chi connectivity index (χ4n) is 2.43. The van der Waals surface area contributed by atoms with E-state index in [0.29, 0.717) is 22.0 Å². The predicted octanol–water partition coefficient (Wildman–Crippen LogP) is 4.00. The number of aryl methyl sites for hydroxylation is 1. The fraction of sp³-hybridized carbons (Fsp3) is 0.190. The van der Waals surface area contributed by atoms with E-state index in [0.717, 1.165) is 11.3 Å². The standard InChI is InChI=1S/C21H20N2O4S/c1-14-3-7-16(8-4-14)22-19(24)11-20-23-17(13-28-20)12-27-21(25)15-5-9-18(26-2)10-6-15/h3-10,13H,11-12H2,1-2H3,(H,22,24). The number of hydrogen-bond donors (Lipinski definition) is 1. The van der Waals surface area contributed by atoms with E-state index in [9.17, 15) is 9.59 Å². The highest BCUT2D eigenvalue weighted by atomic mass is 32.1. The quantitative estimate of drug-likeness (QED) is 0.611. The van der Waals surface area contributed by atoms with Gasteiger partial charge in [0.1, 0.15) is 17.4 Å². The number of carbonyl (C=O) groups excluding carboxylic acids is 2. The molecule has 1 N–H and O–H groups in total. The van der Waals surface area contributed by atoms with Gasteiger partial charge in [-0.05, 0) is 43.3 Å². The van der Waals surface area contributed by atoms with Crippen LogP contribution in [0.15, 0.2) is 53.9 Å². The molecule has 0 aliphatic carbocycles. The van der Waals surface area contributed by atoms with Crippen molar-refractivity contribution >= 4 is 28.9 Å². The zero-order chi connectivity index (χ0) is 19.9. The first-order valence-electron chi connectivity index (χ1n) is 8.64. The first-order chi connectivity index (χ1) is 13.5. The Hall–Kier alpha value is -3.19. The van der Waals surface area contributed by atoms with Gasteiger partial charge in [0.25, 0.3) is 0 Å². The van der Waals surface area contributed by atoms with Crippen molar-refractivity contribution in [2.24, 2.45) is 0 Å². The highest BCUT2D eigenvalue weighted by Gasteiger charge is 2.11. The van der Waals surface area contributed by atoms with Gasteiger partial charge in [0.15, 0.2) is 0 Å². The molecule has 144 valence electrons. The van der Waals surface area contributed by atoms with Gasteiger partial charge >= 0.3 is 5.97 Å². The number of nitrogens with one attached hydrogen (secondary N) is 1. The normalized spacial score (nSPS) is 10.4. The van der Waals surface area contributed by atoms with Gasteiger partial charge in [0.2, 0.25) is 5.91 Å². The van der Waals surface area contributed by atoms with Gasteiger partial charge in [-0.3, -0.25) is 4.79 Å². The van der Waals surface area contributed by atoms with E-state index in [1.54, 1.807) is 36.8 Å². The summed E-state index contributed by atoms with van der Waals surface area (Å²) < 4.78 is 10.3. The lowest BCUT2D eigenvalue weighted by molar-refractivity contribution is -0.115. The van der Waals surface area contributed by atoms with Crippen LogP contribution in [0, 0.1) is 6.92 Å². The molecular weight excluding hydrogens is 376 g/mol. The molecule has 0 radical (unpaired) electrons. The van der Waals surface area contributed by atoms with Crippen LogP contribution in [-0.2, 0) is 22.6 Å². The maximum Gasteiger partial charge on any atom is 0.338 e. The molecule has 3 rings (SSSR count). The van der Waals surface area contributed by atoms with Crippen molar-refractivity contribution in [3.8, 4) is 5.75 Å². The van der Waals surface area contributed by atoms with E-state index in [-0.39, 0.29) is 18.9 Å². The number of hydrogen-bond acceptors (Lipinski definition) is 6. The molecule has 0 spiro atoms. The number of aromatic nitrogens is 1. The number of rotatable bonds is 7. The van der Waals surface area contributed by atoms with Crippen LogP contribution in [0.25, 0.3) is 0 Å². The van der Waals surface area contributed by atoms with Gasteiger partial charge in [-0.2, -0.15) is 0 Å². The molecule has 0 saturated heterocycles. The van der Waals surface area contributed by atoms with Crippen LogP contribution in [0.2, 0.25) is 0 Å². The molecule has 0 atom stereocenters. The summed E-state index contributed by atoms with van der Waals surface area (Å²) in [6.07, 6.45) is 0.172. The van der Waals surface area contributed by atoms with Crippen LogP contribution in [-0.4, -0.2) is 24.0 Å². The molecule has 0 unspecified atom stereocenters. The highest BCUT2D eigenvalue weighted by Crippen LogP contribution is 2.16. The number of ether oxygens (including phenoxy) is 2. The van der Waals surface area contributed by atoms with Crippen LogP contribution in [0.4, 0.5) is 5.69 Å². The number of benzene rings is 2. The van der Waals surface area contributed by atoms with Gasteiger partial charge in [-0.25, -0.2) is 9.78 Å². The molecule has 1 heterocycles. The molecule has 1 amide bonds. The van der Waals surface area contributed by atoms with E-state index >= 15 is 0 Å². The summed E-state index contributed by atoms with van der Waals surface area (Å²) in [7, 11) is 1.56. The van der Waals surface area contributed by atoms with E-state index in [4.69, 9.17) is 9.47 Å². The van der Waals surface area contributed by atoms with Crippen molar-refractivity contribution in [2.45, 2.75) is 20.0 Å². The molecule has 0 aliphatic heterocycles. The Kier molecular flexibility index (Phi) is 6.39. The van der Waals surface area contributed by atoms with E-state index in [2.05, 4.69) is 10.3 Å². The number of esters is 1. The van der Waals surface area contributed by atoms with Crippen molar-refractivity contribution < 1.29 is 19.1 Å². The lowest BCUT2D eigenvalue weighted by Crippen LogP contribution is -2.14. The summed E-state index contributed by atoms with van der Waals surface area (Å²) in [4.78, 5) is 28.6. The third-order valence-corrected chi connectivity index (χ3v) is 4.82. The second kappa shape index (κ2) is 9.14. The minimum absolute atomic E-state index is 0.0565. The number of amides is 1. The third kappa shape index (κ3) is 5.40. The molecule has 0 bridgehead atoms. The van der Waals surface area contributed by atoms with Crippen molar-refractivity contribution in [1.82, 2.24) is 4.98 Å². The van der Waals surface area contributed by atoms with Crippen LogP contribution in [0.1, 0.15) is 26.6 Å². The lowest BCUT2D eigenvalue weighted by Gasteiger charge is -2.05. The maximum absolute atomic E-state index is 12.1. The Bertz CT molecular complexity index is 949. The molecule has 1 aromatic heterocycles. The average molecular weight is 396 g/mol. The largest absolute Gasteiger partial charge is 0.497 e. The van der Waals surface area contributed by atoms with Gasteiger partial charge in [-0.1, -0.05) is 17.7 Å². The van der Waals surface area contributed by atoms with Crippen LogP contribution in [0.3, 0.4) is 0 Å². The van der Waals surface area contributed by atoms with E-state index in [1.165, 1.54) is 11.3 Å². The first kappa shape index (κ1) is 19.6. The fourth-order valence-corrected chi connectivity index (χ4v) is 3.20. The van der Waals surface area contributed by atoms with Crippen molar-refractivity contribution in [1.29, 1.82) is 0 Å². The summed E-state index contributed by atoms with van der Waals surface area (Å²) in [5, 5.41) is 5.29. The molecule has 28 heavy (non-hydrogen) atoms. The second-order valence-electron chi connectivity index (χ2n) is 6.13. The highest BCUT2D eigenvalue weighted by molar-refractivity contribution is 7.09. The van der Waals surface area contributed by atoms with Gasteiger partial charge in [0.05, 0.1) is 24.8 Å². The van der Waals surface area contributed by atoms with Crippen LogP contribution in [0.5, 0.6) is 5.75 Å². The lowest BCUT2D eigenvalue weighted by atomic mass is 10.2. The number of carbonyl (C=O) groups is 2. The van der Waals surface area contributed by atoms with Crippen molar-refractivity contribution in [2.75, 3.05) is 12.4 Å². The van der Waals surface area contributed by atoms with Gasteiger partial charge < -0.3 is 14.8 Å². The Morgan fingerprint density at radius 1 is 1.07 bits per heavy atom. The van der Waals surface area contributed by atoms with Crippen LogP contribution < -0.4 is 10.1 Å². The minimum Gasteiger partial charge on any atom is -0.497 e. The second-order valence-corrected chi connectivity index (χ2v) is 7.07. The molecule has 0 saturated carbocycles. The third-order valence-electron chi connectivity index (χ3n) is 3.92. The maximum atomic E-state index is 12.1. The van der Waals surface area contributed by atoms with Gasteiger partial charge in [0, 0.05) is 11.1 Å². The molecule has 0 aliphatic rings.